The molecule has 90 valence electrons. The lowest BCUT2D eigenvalue weighted by Gasteiger charge is -2.05. The minimum Gasteiger partial charge on any atom is -0.444 e. The summed E-state index contributed by atoms with van der Waals surface area (Å²) in [6.07, 6.45) is 2.62. The van der Waals surface area contributed by atoms with Crippen molar-refractivity contribution in [3.05, 3.63) is 41.8 Å². The van der Waals surface area contributed by atoms with Gasteiger partial charge in [-0.25, -0.2) is 4.98 Å². The molecule has 2 aromatic rings. The highest BCUT2D eigenvalue weighted by molar-refractivity contribution is 5.54. The molecule has 1 aromatic carbocycles. The summed E-state index contributed by atoms with van der Waals surface area (Å²) in [6.45, 7) is 4.19. The van der Waals surface area contributed by atoms with E-state index < -0.39 is 0 Å². The lowest BCUT2D eigenvalue weighted by molar-refractivity contribution is 0.565. The molecule has 2 rings (SSSR count). The second-order valence-electron chi connectivity index (χ2n) is 4.41. The molecule has 0 saturated carbocycles. The lowest BCUT2D eigenvalue weighted by Crippen LogP contribution is -2.23. The monoisotopic (exact) mass is 230 g/mol. The fourth-order valence-corrected chi connectivity index (χ4v) is 1.73. The van der Waals surface area contributed by atoms with Gasteiger partial charge < -0.3 is 9.73 Å². The zero-order chi connectivity index (χ0) is 12.3. The molecule has 1 heterocycles. The Labute approximate surface area is 102 Å². The zero-order valence-corrected chi connectivity index (χ0v) is 10.5. The minimum atomic E-state index is 0.408. The summed E-state index contributed by atoms with van der Waals surface area (Å²) in [4.78, 5) is 4.50. The van der Waals surface area contributed by atoms with E-state index in [0.717, 1.165) is 17.7 Å². The van der Waals surface area contributed by atoms with E-state index in [1.54, 1.807) is 6.26 Å². The molecule has 3 heteroatoms. The van der Waals surface area contributed by atoms with Crippen LogP contribution in [-0.4, -0.2) is 18.1 Å². The largest absolute Gasteiger partial charge is 0.444 e. The van der Waals surface area contributed by atoms with Crippen molar-refractivity contribution in [1.82, 2.24) is 10.3 Å². The highest BCUT2D eigenvalue weighted by Crippen LogP contribution is 2.20. The van der Waals surface area contributed by atoms with Crippen LogP contribution in [0.4, 0.5) is 0 Å². The number of rotatable bonds is 4. The number of nitrogens with zero attached hydrogens (tertiary/aromatic N) is 1. The van der Waals surface area contributed by atoms with Crippen LogP contribution in [0.5, 0.6) is 0 Å². The summed E-state index contributed by atoms with van der Waals surface area (Å²) >= 11 is 0. The van der Waals surface area contributed by atoms with Crippen LogP contribution in [-0.2, 0) is 6.42 Å². The average Bonchev–Trinajstić information content (AvgIpc) is 2.77. The van der Waals surface area contributed by atoms with Crippen LogP contribution in [0.15, 0.2) is 34.9 Å². The molecule has 17 heavy (non-hydrogen) atoms. The Morgan fingerprint density at radius 2 is 2.24 bits per heavy atom. The third-order valence-corrected chi connectivity index (χ3v) is 2.82. The fraction of sp³-hybridized carbons (Fsp3) is 0.357. The Morgan fingerprint density at radius 1 is 1.41 bits per heavy atom. The third-order valence-electron chi connectivity index (χ3n) is 2.82. The van der Waals surface area contributed by atoms with E-state index in [2.05, 4.69) is 36.3 Å². The molecule has 1 N–H and O–H groups in total. The first-order chi connectivity index (χ1) is 8.19. The SMILES string of the molecule is CNC(C)Cc1coc(-c2cccc(C)c2)n1. The van der Waals surface area contributed by atoms with Crippen molar-refractivity contribution >= 4 is 0 Å². The summed E-state index contributed by atoms with van der Waals surface area (Å²) < 4.78 is 5.51. The van der Waals surface area contributed by atoms with E-state index in [1.807, 2.05) is 19.2 Å². The van der Waals surface area contributed by atoms with Gasteiger partial charge >= 0.3 is 0 Å². The molecule has 0 spiro atoms. The van der Waals surface area contributed by atoms with Crippen molar-refractivity contribution in [3.8, 4) is 11.5 Å². The Hall–Kier alpha value is -1.61. The first-order valence-corrected chi connectivity index (χ1v) is 5.87. The minimum absolute atomic E-state index is 0.408. The third kappa shape index (κ3) is 2.94. The zero-order valence-electron chi connectivity index (χ0n) is 10.5. The Bertz CT molecular complexity index is 490. The molecule has 0 radical (unpaired) electrons. The number of aryl methyl sites for hydroxylation is 1. The standard InChI is InChI=1S/C14H18N2O/c1-10-5-4-6-12(7-10)14-16-13(9-17-14)8-11(2)15-3/h4-7,9,11,15H,8H2,1-3H3. The molecule has 0 bridgehead atoms. The fourth-order valence-electron chi connectivity index (χ4n) is 1.73. The molecule has 0 fully saturated rings. The number of likely N-dealkylation sites (N-methyl/N-ethyl adjacent to an activating group) is 1. The van der Waals surface area contributed by atoms with Gasteiger partial charge in [-0.05, 0) is 33.0 Å². The normalized spacial score (nSPS) is 12.6. The molecule has 0 aliphatic rings. The van der Waals surface area contributed by atoms with E-state index in [9.17, 15) is 0 Å². The Morgan fingerprint density at radius 3 is 2.94 bits per heavy atom. The van der Waals surface area contributed by atoms with E-state index in [-0.39, 0.29) is 0 Å². The quantitative estimate of drug-likeness (QED) is 0.877. The summed E-state index contributed by atoms with van der Waals surface area (Å²) in [5, 5.41) is 3.19. The number of oxazole rings is 1. The van der Waals surface area contributed by atoms with Gasteiger partial charge in [0.05, 0.1) is 5.69 Å². The van der Waals surface area contributed by atoms with E-state index in [4.69, 9.17) is 4.42 Å². The van der Waals surface area contributed by atoms with Crippen molar-refractivity contribution in [1.29, 1.82) is 0 Å². The highest BCUT2D eigenvalue weighted by Gasteiger charge is 2.08. The number of nitrogens with one attached hydrogen (secondary N) is 1. The summed E-state index contributed by atoms with van der Waals surface area (Å²) in [5.41, 5.74) is 3.24. The summed E-state index contributed by atoms with van der Waals surface area (Å²) in [6, 6.07) is 8.59. The maximum atomic E-state index is 5.51. The van der Waals surface area contributed by atoms with Crippen molar-refractivity contribution in [2.45, 2.75) is 26.3 Å². The molecule has 0 saturated heterocycles. The molecule has 1 atom stereocenters. The van der Waals surface area contributed by atoms with E-state index >= 15 is 0 Å². The molecule has 1 aromatic heterocycles. The predicted octanol–water partition coefficient (Wildman–Crippen LogP) is 2.80. The number of aromatic nitrogens is 1. The molecule has 0 aliphatic heterocycles. The Balaban J connectivity index is 2.18. The predicted molar refractivity (Wildman–Crippen MR) is 68.9 cm³/mol. The van der Waals surface area contributed by atoms with E-state index in [0.29, 0.717) is 11.9 Å². The first kappa shape index (κ1) is 11.9. The summed E-state index contributed by atoms with van der Waals surface area (Å²) in [5.74, 6) is 0.701. The molecule has 3 nitrogen and oxygen atoms in total. The molecule has 1 unspecified atom stereocenters. The number of benzene rings is 1. The maximum Gasteiger partial charge on any atom is 0.226 e. The molecular weight excluding hydrogens is 212 g/mol. The average molecular weight is 230 g/mol. The van der Waals surface area contributed by atoms with Crippen LogP contribution >= 0.6 is 0 Å². The maximum absolute atomic E-state index is 5.51. The molecule has 0 aliphatic carbocycles. The van der Waals surface area contributed by atoms with Crippen molar-refractivity contribution in [2.24, 2.45) is 0 Å². The first-order valence-electron chi connectivity index (χ1n) is 5.87. The van der Waals surface area contributed by atoms with Gasteiger partial charge in [0.1, 0.15) is 6.26 Å². The number of hydrogen-bond donors (Lipinski definition) is 1. The van der Waals surface area contributed by atoms with Crippen LogP contribution in [0.3, 0.4) is 0 Å². The summed E-state index contributed by atoms with van der Waals surface area (Å²) in [7, 11) is 1.95. The highest BCUT2D eigenvalue weighted by atomic mass is 16.3. The van der Waals surface area contributed by atoms with Gasteiger partial charge in [0.15, 0.2) is 0 Å². The van der Waals surface area contributed by atoms with Crippen LogP contribution in [0.2, 0.25) is 0 Å². The molecular formula is C14H18N2O. The van der Waals surface area contributed by atoms with Gasteiger partial charge in [-0.15, -0.1) is 0 Å². The van der Waals surface area contributed by atoms with Crippen LogP contribution in [0, 0.1) is 6.92 Å². The second kappa shape index (κ2) is 5.15. The lowest BCUT2D eigenvalue weighted by atomic mass is 10.1. The molecule has 0 amide bonds. The van der Waals surface area contributed by atoms with Gasteiger partial charge in [-0.2, -0.15) is 0 Å². The van der Waals surface area contributed by atoms with Gasteiger partial charge in [0, 0.05) is 18.0 Å². The van der Waals surface area contributed by atoms with Crippen molar-refractivity contribution < 1.29 is 4.42 Å². The van der Waals surface area contributed by atoms with Gasteiger partial charge in [0.2, 0.25) is 5.89 Å². The smallest absolute Gasteiger partial charge is 0.226 e. The van der Waals surface area contributed by atoms with Crippen molar-refractivity contribution in [3.63, 3.8) is 0 Å². The van der Waals surface area contributed by atoms with E-state index in [1.165, 1.54) is 5.56 Å². The second-order valence-corrected chi connectivity index (χ2v) is 4.41. The van der Waals surface area contributed by atoms with Gasteiger partial charge in [0.25, 0.3) is 0 Å². The topological polar surface area (TPSA) is 38.1 Å². The van der Waals surface area contributed by atoms with Crippen LogP contribution < -0.4 is 5.32 Å². The van der Waals surface area contributed by atoms with Crippen molar-refractivity contribution in [2.75, 3.05) is 7.05 Å². The van der Waals surface area contributed by atoms with Gasteiger partial charge in [-0.1, -0.05) is 17.7 Å². The van der Waals surface area contributed by atoms with Crippen LogP contribution in [0.1, 0.15) is 18.2 Å². The van der Waals surface area contributed by atoms with Gasteiger partial charge in [-0.3, -0.25) is 0 Å². The van der Waals surface area contributed by atoms with Crippen LogP contribution in [0.25, 0.3) is 11.5 Å². The number of hydrogen-bond acceptors (Lipinski definition) is 3. The Kier molecular flexibility index (Phi) is 3.59.